The van der Waals surface area contributed by atoms with Crippen molar-refractivity contribution >= 4 is 17.8 Å². The van der Waals surface area contributed by atoms with E-state index in [0.29, 0.717) is 5.75 Å². The summed E-state index contributed by atoms with van der Waals surface area (Å²) in [6, 6.07) is 6.99. The van der Waals surface area contributed by atoms with Crippen LogP contribution in [0.25, 0.3) is 6.08 Å². The molecule has 1 aromatic rings. The maximum Gasteiger partial charge on any atom is 0.331 e. The fourth-order valence-electron chi connectivity index (χ4n) is 1.27. The van der Waals surface area contributed by atoms with E-state index < -0.39 is 31.1 Å². The van der Waals surface area contributed by atoms with Crippen LogP contribution < -0.4 is 4.74 Å². The number of hydrogen-bond acceptors (Lipinski definition) is 6. The largest absolute Gasteiger partial charge is 0.497 e. The fourth-order valence-corrected chi connectivity index (χ4v) is 1.27. The predicted octanol–water partition coefficient (Wildman–Crippen LogP) is 0.174. The van der Waals surface area contributed by atoms with Crippen LogP contribution >= 0.6 is 0 Å². The van der Waals surface area contributed by atoms with Crippen molar-refractivity contribution in [2.24, 2.45) is 0 Å². The highest BCUT2D eigenvalue weighted by atomic mass is 16.5. The molecule has 1 atom stereocenters. The van der Waals surface area contributed by atoms with Gasteiger partial charge in [0.05, 0.1) is 13.7 Å². The number of aliphatic hydroxyl groups excluding tert-OH is 2. The van der Waals surface area contributed by atoms with Crippen LogP contribution in [-0.4, -0.2) is 48.4 Å². The molecule has 0 radical (unpaired) electrons. The number of hydrogen-bond donors (Lipinski definition) is 2. The first-order valence-electron chi connectivity index (χ1n) is 5.87. The maximum absolute atomic E-state index is 11.3. The smallest absolute Gasteiger partial charge is 0.331 e. The molecule has 0 fully saturated rings. The molecule has 0 unspecified atom stereocenters. The van der Waals surface area contributed by atoms with Crippen LogP contribution in [0.3, 0.4) is 0 Å². The molecule has 0 saturated carbocycles. The van der Waals surface area contributed by atoms with Crippen LogP contribution in [0.5, 0.6) is 5.75 Å². The number of ketones is 1. The van der Waals surface area contributed by atoms with Crippen LogP contribution in [0.4, 0.5) is 0 Å². The molecule has 6 heteroatoms. The Balaban J connectivity index is 2.45. The predicted molar refractivity (Wildman–Crippen MR) is 71.1 cm³/mol. The average molecular weight is 280 g/mol. The van der Waals surface area contributed by atoms with Crippen LogP contribution in [0.1, 0.15) is 5.56 Å². The van der Waals surface area contributed by atoms with Crippen molar-refractivity contribution in [2.75, 3.05) is 20.3 Å². The first-order chi connectivity index (χ1) is 9.56. The SMILES string of the molecule is COc1ccc(/C=C/C(=O)OCC(=O)[C@H](O)CO)cc1. The highest BCUT2D eigenvalue weighted by molar-refractivity contribution is 5.90. The maximum atomic E-state index is 11.3. The lowest BCUT2D eigenvalue weighted by atomic mass is 10.2. The Bertz CT molecular complexity index is 477. The fraction of sp³-hybridized carbons (Fsp3) is 0.286. The summed E-state index contributed by atoms with van der Waals surface area (Å²) in [5.74, 6) is -0.758. The van der Waals surface area contributed by atoms with Crippen molar-refractivity contribution in [1.29, 1.82) is 0 Å². The second-order valence-electron chi connectivity index (χ2n) is 3.88. The van der Waals surface area contributed by atoms with E-state index in [9.17, 15) is 9.59 Å². The molecule has 108 valence electrons. The number of esters is 1. The number of rotatable bonds is 7. The molecular formula is C14H16O6. The Kier molecular flexibility index (Phi) is 6.42. The first kappa shape index (κ1) is 15.9. The normalized spacial score (nSPS) is 12.2. The molecule has 0 aliphatic heterocycles. The molecule has 1 rings (SSSR count). The third kappa shape index (κ3) is 5.21. The summed E-state index contributed by atoms with van der Waals surface area (Å²) >= 11 is 0. The minimum atomic E-state index is -1.52. The summed E-state index contributed by atoms with van der Waals surface area (Å²) in [7, 11) is 1.56. The summed E-state index contributed by atoms with van der Waals surface area (Å²) in [5, 5.41) is 17.5. The Morgan fingerprint density at radius 2 is 1.95 bits per heavy atom. The molecule has 6 nitrogen and oxygen atoms in total. The monoisotopic (exact) mass is 280 g/mol. The molecule has 20 heavy (non-hydrogen) atoms. The molecule has 0 saturated heterocycles. The van der Waals surface area contributed by atoms with Gasteiger partial charge in [-0.3, -0.25) is 4.79 Å². The van der Waals surface area contributed by atoms with Gasteiger partial charge >= 0.3 is 5.97 Å². The zero-order chi connectivity index (χ0) is 15.0. The minimum absolute atomic E-state index is 0.576. The van der Waals surface area contributed by atoms with Gasteiger partial charge in [0.25, 0.3) is 0 Å². The van der Waals surface area contributed by atoms with Crippen LogP contribution in [0.15, 0.2) is 30.3 Å². The van der Waals surface area contributed by atoms with E-state index in [1.165, 1.54) is 12.2 Å². The summed E-state index contributed by atoms with van der Waals surface area (Å²) in [6.45, 7) is -1.27. The molecule has 0 amide bonds. The number of aliphatic hydroxyl groups is 2. The van der Waals surface area contributed by atoms with Gasteiger partial charge in [0, 0.05) is 6.08 Å². The van der Waals surface area contributed by atoms with Crippen molar-refractivity contribution in [3.8, 4) is 5.75 Å². The van der Waals surface area contributed by atoms with E-state index in [1.807, 2.05) is 0 Å². The van der Waals surface area contributed by atoms with E-state index in [2.05, 4.69) is 4.74 Å². The standard InChI is InChI=1S/C14H16O6/c1-19-11-5-2-10(3-6-11)4-7-14(18)20-9-13(17)12(16)8-15/h2-7,12,15-16H,8-9H2,1H3/b7-4+/t12-/m1/s1. The topological polar surface area (TPSA) is 93.1 Å². The number of benzene rings is 1. The molecule has 0 spiro atoms. The number of carbonyl (C=O) groups is 2. The lowest BCUT2D eigenvalue weighted by molar-refractivity contribution is -0.146. The third-order valence-electron chi connectivity index (χ3n) is 2.43. The zero-order valence-electron chi connectivity index (χ0n) is 11.0. The quantitative estimate of drug-likeness (QED) is 0.546. The van der Waals surface area contributed by atoms with Crippen molar-refractivity contribution in [2.45, 2.75) is 6.10 Å². The summed E-state index contributed by atoms with van der Waals surface area (Å²) in [6.07, 6.45) is 1.17. The number of ether oxygens (including phenoxy) is 2. The Labute approximate surface area is 116 Å². The number of Topliss-reactive ketones (excluding diaryl/α,β-unsaturated/α-hetero) is 1. The van der Waals surface area contributed by atoms with Gasteiger partial charge in [0.2, 0.25) is 5.78 Å². The van der Waals surface area contributed by atoms with Crippen LogP contribution in [0, 0.1) is 0 Å². The van der Waals surface area contributed by atoms with Crippen LogP contribution in [-0.2, 0) is 14.3 Å². The average Bonchev–Trinajstić information content (AvgIpc) is 2.50. The Morgan fingerprint density at radius 3 is 2.50 bits per heavy atom. The van der Waals surface area contributed by atoms with Crippen LogP contribution in [0.2, 0.25) is 0 Å². The van der Waals surface area contributed by atoms with Crippen molar-refractivity contribution in [1.82, 2.24) is 0 Å². The van der Waals surface area contributed by atoms with E-state index >= 15 is 0 Å². The molecule has 0 aliphatic carbocycles. The lowest BCUT2D eigenvalue weighted by Gasteiger charge is -2.05. The molecule has 0 aromatic heterocycles. The van der Waals surface area contributed by atoms with Crippen molar-refractivity contribution < 1.29 is 29.3 Å². The lowest BCUT2D eigenvalue weighted by Crippen LogP contribution is -2.28. The molecule has 0 aliphatic rings. The third-order valence-corrected chi connectivity index (χ3v) is 2.43. The molecular weight excluding hydrogens is 264 g/mol. The minimum Gasteiger partial charge on any atom is -0.497 e. The summed E-state index contributed by atoms with van der Waals surface area (Å²) in [5.41, 5.74) is 0.768. The van der Waals surface area contributed by atoms with Crippen molar-refractivity contribution in [3.05, 3.63) is 35.9 Å². The number of methoxy groups -OCH3 is 1. The van der Waals surface area contributed by atoms with E-state index in [0.717, 1.165) is 5.56 Å². The summed E-state index contributed by atoms with van der Waals surface area (Å²) in [4.78, 5) is 22.4. The second kappa shape index (κ2) is 8.08. The molecule has 0 heterocycles. The van der Waals surface area contributed by atoms with Gasteiger partial charge in [-0.1, -0.05) is 12.1 Å². The Hall–Kier alpha value is -2.18. The van der Waals surface area contributed by atoms with Gasteiger partial charge in [-0.15, -0.1) is 0 Å². The van der Waals surface area contributed by atoms with E-state index in [-0.39, 0.29) is 0 Å². The molecule has 1 aromatic carbocycles. The Morgan fingerprint density at radius 1 is 1.30 bits per heavy atom. The van der Waals surface area contributed by atoms with Gasteiger partial charge < -0.3 is 19.7 Å². The van der Waals surface area contributed by atoms with Gasteiger partial charge in [-0.25, -0.2) is 4.79 Å². The van der Waals surface area contributed by atoms with Gasteiger partial charge in [-0.2, -0.15) is 0 Å². The zero-order valence-corrected chi connectivity index (χ0v) is 11.0. The van der Waals surface area contributed by atoms with E-state index in [4.69, 9.17) is 14.9 Å². The highest BCUT2D eigenvalue weighted by Gasteiger charge is 2.14. The van der Waals surface area contributed by atoms with Crippen molar-refractivity contribution in [3.63, 3.8) is 0 Å². The van der Waals surface area contributed by atoms with Gasteiger partial charge in [0.1, 0.15) is 11.9 Å². The highest BCUT2D eigenvalue weighted by Crippen LogP contribution is 2.12. The number of carbonyl (C=O) groups excluding carboxylic acids is 2. The first-order valence-corrected chi connectivity index (χ1v) is 5.87. The molecule has 0 bridgehead atoms. The van der Waals surface area contributed by atoms with E-state index in [1.54, 1.807) is 31.4 Å². The van der Waals surface area contributed by atoms with Gasteiger partial charge in [-0.05, 0) is 23.8 Å². The molecule has 2 N–H and O–H groups in total. The van der Waals surface area contributed by atoms with Gasteiger partial charge in [0.15, 0.2) is 6.61 Å². The summed E-state index contributed by atoms with van der Waals surface area (Å²) < 4.78 is 9.62. The second-order valence-corrected chi connectivity index (χ2v) is 3.88.